The Bertz CT molecular complexity index is 1460. The van der Waals surface area contributed by atoms with Crippen LogP contribution in [0.25, 0.3) is 0 Å². The Morgan fingerprint density at radius 3 is 0.873 bits per heavy atom. The molecule has 6 heteroatoms. The van der Waals surface area contributed by atoms with Gasteiger partial charge in [0.2, 0.25) is 0 Å². The lowest BCUT2D eigenvalue weighted by Gasteiger charge is -2.18. The molecule has 404 valence electrons. The summed E-state index contributed by atoms with van der Waals surface area (Å²) in [6.45, 7) is 6.36. The van der Waals surface area contributed by atoms with Crippen molar-refractivity contribution in [3.05, 3.63) is 109 Å². The van der Waals surface area contributed by atoms with Crippen LogP contribution >= 0.6 is 0 Å². The first-order valence-electron chi connectivity index (χ1n) is 29.4. The molecule has 0 aliphatic carbocycles. The minimum absolute atomic E-state index is 0.0888. The molecular weight excluding hydrogens is 877 g/mol. The Hall–Kier alpha value is -3.93. The van der Waals surface area contributed by atoms with Gasteiger partial charge < -0.3 is 14.2 Å². The van der Waals surface area contributed by atoms with Crippen molar-refractivity contribution in [1.82, 2.24) is 0 Å². The van der Waals surface area contributed by atoms with Gasteiger partial charge in [0.05, 0.1) is 0 Å². The number of esters is 3. The SMILES string of the molecule is CC/C=C\C/C=C\C/C=C\C/C=C\C/C=C\C/C=C\CCCCCCCCCCCCCCC(=O)OCC(COC(=O)CCCCCCCCCCC)OC(=O)CCCCC/C=C\C/C=C\C/C=C\CC. The van der Waals surface area contributed by atoms with Crippen LogP contribution in [0.5, 0.6) is 0 Å². The van der Waals surface area contributed by atoms with Gasteiger partial charge in [0.25, 0.3) is 0 Å². The molecule has 6 nitrogen and oxygen atoms in total. The predicted molar refractivity (Wildman–Crippen MR) is 307 cm³/mol. The van der Waals surface area contributed by atoms with Gasteiger partial charge in [-0.05, 0) is 103 Å². The topological polar surface area (TPSA) is 78.9 Å². The number of rotatable bonds is 52. The van der Waals surface area contributed by atoms with Crippen molar-refractivity contribution in [2.24, 2.45) is 0 Å². The zero-order valence-corrected chi connectivity index (χ0v) is 46.2. The van der Waals surface area contributed by atoms with E-state index in [0.29, 0.717) is 19.3 Å². The molecule has 0 aliphatic heterocycles. The van der Waals surface area contributed by atoms with Gasteiger partial charge in [-0.15, -0.1) is 0 Å². The normalized spacial score (nSPS) is 12.9. The molecule has 0 aromatic carbocycles. The minimum atomic E-state index is -0.791. The molecule has 71 heavy (non-hydrogen) atoms. The van der Waals surface area contributed by atoms with Gasteiger partial charge in [0, 0.05) is 19.3 Å². The number of allylic oxidation sites excluding steroid dienone is 18. The molecule has 1 unspecified atom stereocenters. The fourth-order valence-corrected chi connectivity index (χ4v) is 7.93. The zero-order chi connectivity index (χ0) is 51.4. The first kappa shape index (κ1) is 67.1. The van der Waals surface area contributed by atoms with E-state index in [9.17, 15) is 14.4 Å². The largest absolute Gasteiger partial charge is 0.462 e. The Morgan fingerprint density at radius 2 is 0.549 bits per heavy atom. The highest BCUT2D eigenvalue weighted by molar-refractivity contribution is 5.71. The highest BCUT2D eigenvalue weighted by Crippen LogP contribution is 2.15. The lowest BCUT2D eigenvalue weighted by Crippen LogP contribution is -2.30. The van der Waals surface area contributed by atoms with E-state index in [2.05, 4.69) is 130 Å². The molecule has 0 fully saturated rings. The van der Waals surface area contributed by atoms with Gasteiger partial charge in [-0.1, -0.05) is 252 Å². The molecule has 0 amide bonds. The Labute approximate surface area is 438 Å². The van der Waals surface area contributed by atoms with Gasteiger partial charge in [0.1, 0.15) is 13.2 Å². The maximum Gasteiger partial charge on any atom is 0.306 e. The second-order valence-corrected chi connectivity index (χ2v) is 19.1. The van der Waals surface area contributed by atoms with Crippen LogP contribution in [0.15, 0.2) is 109 Å². The smallest absolute Gasteiger partial charge is 0.306 e. The molecule has 0 saturated heterocycles. The van der Waals surface area contributed by atoms with Crippen molar-refractivity contribution in [2.45, 2.75) is 271 Å². The van der Waals surface area contributed by atoms with E-state index in [1.807, 2.05) is 0 Å². The number of carbonyl (C=O) groups excluding carboxylic acids is 3. The molecule has 0 N–H and O–H groups in total. The Kier molecular flexibility index (Phi) is 55.4. The van der Waals surface area contributed by atoms with E-state index in [1.54, 1.807) is 0 Å². The van der Waals surface area contributed by atoms with Gasteiger partial charge in [-0.3, -0.25) is 14.4 Å². The number of hydrogen-bond donors (Lipinski definition) is 0. The fourth-order valence-electron chi connectivity index (χ4n) is 7.93. The van der Waals surface area contributed by atoms with Crippen LogP contribution in [0.4, 0.5) is 0 Å². The molecule has 0 radical (unpaired) electrons. The summed E-state index contributed by atoms with van der Waals surface area (Å²) in [6.07, 6.45) is 79.6. The average molecular weight is 986 g/mol. The second-order valence-electron chi connectivity index (χ2n) is 19.1. The van der Waals surface area contributed by atoms with Gasteiger partial charge in [-0.2, -0.15) is 0 Å². The van der Waals surface area contributed by atoms with Crippen LogP contribution < -0.4 is 0 Å². The van der Waals surface area contributed by atoms with E-state index < -0.39 is 6.10 Å². The third kappa shape index (κ3) is 56.9. The third-order valence-corrected chi connectivity index (χ3v) is 12.3. The van der Waals surface area contributed by atoms with E-state index in [1.165, 1.54) is 103 Å². The van der Waals surface area contributed by atoms with Crippen molar-refractivity contribution < 1.29 is 28.6 Å². The first-order valence-corrected chi connectivity index (χ1v) is 29.4. The summed E-state index contributed by atoms with van der Waals surface area (Å²) in [7, 11) is 0. The quantitative estimate of drug-likeness (QED) is 0.0261. The molecular formula is C65H108O6. The summed E-state index contributed by atoms with van der Waals surface area (Å²) in [4.78, 5) is 38.0. The van der Waals surface area contributed by atoms with Crippen molar-refractivity contribution in [3.63, 3.8) is 0 Å². The molecule has 0 heterocycles. The van der Waals surface area contributed by atoms with Crippen LogP contribution in [-0.4, -0.2) is 37.2 Å². The zero-order valence-electron chi connectivity index (χ0n) is 46.2. The van der Waals surface area contributed by atoms with Crippen molar-refractivity contribution in [3.8, 4) is 0 Å². The standard InChI is InChI=1S/C65H108O6/c1-4-7-10-13-16-19-21-23-24-25-26-27-28-29-30-31-32-33-34-35-36-37-38-39-40-42-43-46-49-52-55-58-64(67)70-61-62(60-69-63(66)57-54-51-48-45-18-15-12-9-6-3)71-65(68)59-56-53-50-47-44-41-22-20-17-14-11-8-5-2/h7-8,10-11,16-17,19-20,23-24,26-27,29-30,32-33,41,44,62H,4-6,9,12-15,18,21-22,25,28,31,34-40,42-43,45-61H2,1-3H3/b10-7-,11-8-,19-16-,20-17-,24-23-,27-26-,30-29-,33-32-,44-41-. The highest BCUT2D eigenvalue weighted by atomic mass is 16.6. The van der Waals surface area contributed by atoms with Crippen molar-refractivity contribution in [1.29, 1.82) is 0 Å². The second kappa shape index (κ2) is 58.6. The van der Waals surface area contributed by atoms with Crippen LogP contribution in [0.1, 0.15) is 265 Å². The monoisotopic (exact) mass is 985 g/mol. The number of unbranched alkanes of at least 4 members (excludes halogenated alkanes) is 23. The molecule has 0 aromatic rings. The summed E-state index contributed by atoms with van der Waals surface area (Å²) in [5.41, 5.74) is 0. The maximum atomic E-state index is 12.8. The lowest BCUT2D eigenvalue weighted by molar-refractivity contribution is -0.167. The molecule has 0 bridgehead atoms. The van der Waals surface area contributed by atoms with Gasteiger partial charge in [-0.25, -0.2) is 0 Å². The number of hydrogen-bond acceptors (Lipinski definition) is 6. The molecule has 1 atom stereocenters. The van der Waals surface area contributed by atoms with Crippen LogP contribution in [0.2, 0.25) is 0 Å². The fraction of sp³-hybridized carbons (Fsp3) is 0.677. The number of ether oxygens (including phenoxy) is 3. The summed E-state index contributed by atoms with van der Waals surface area (Å²) in [5, 5.41) is 0. The summed E-state index contributed by atoms with van der Waals surface area (Å²) in [5.74, 6) is -0.923. The van der Waals surface area contributed by atoms with Crippen molar-refractivity contribution in [2.75, 3.05) is 13.2 Å². The molecule has 0 aliphatic rings. The van der Waals surface area contributed by atoms with Crippen LogP contribution in [-0.2, 0) is 28.6 Å². The minimum Gasteiger partial charge on any atom is -0.462 e. The molecule has 0 rings (SSSR count). The molecule has 0 saturated carbocycles. The Balaban J connectivity index is 4.15. The Morgan fingerprint density at radius 1 is 0.296 bits per heavy atom. The van der Waals surface area contributed by atoms with Crippen LogP contribution in [0, 0.1) is 0 Å². The predicted octanol–water partition coefficient (Wildman–Crippen LogP) is 19.9. The lowest BCUT2D eigenvalue weighted by atomic mass is 10.0. The van der Waals surface area contributed by atoms with Gasteiger partial charge >= 0.3 is 17.9 Å². The van der Waals surface area contributed by atoms with Crippen molar-refractivity contribution >= 4 is 17.9 Å². The van der Waals surface area contributed by atoms with E-state index in [4.69, 9.17) is 14.2 Å². The van der Waals surface area contributed by atoms with Gasteiger partial charge in [0.15, 0.2) is 6.10 Å². The summed E-state index contributed by atoms with van der Waals surface area (Å²) in [6, 6.07) is 0. The molecule has 0 spiro atoms. The van der Waals surface area contributed by atoms with E-state index in [0.717, 1.165) is 122 Å². The summed E-state index contributed by atoms with van der Waals surface area (Å²) >= 11 is 0. The highest BCUT2D eigenvalue weighted by Gasteiger charge is 2.19. The van der Waals surface area contributed by atoms with Crippen LogP contribution in [0.3, 0.4) is 0 Å². The van der Waals surface area contributed by atoms with E-state index in [-0.39, 0.29) is 31.1 Å². The summed E-state index contributed by atoms with van der Waals surface area (Å²) < 4.78 is 16.8. The average Bonchev–Trinajstić information content (AvgIpc) is 3.37. The first-order chi connectivity index (χ1) is 35.0. The number of carbonyl (C=O) groups is 3. The third-order valence-electron chi connectivity index (χ3n) is 12.3. The van der Waals surface area contributed by atoms with E-state index >= 15 is 0 Å². The molecule has 0 aromatic heterocycles. The maximum absolute atomic E-state index is 12.8.